The molecule has 1 saturated carbocycles. The molecule has 174 valence electrons. The predicted molar refractivity (Wildman–Crippen MR) is 122 cm³/mol. The number of methoxy groups -OCH3 is 2. The van der Waals surface area contributed by atoms with Crippen LogP contribution in [0.1, 0.15) is 44.6 Å². The molecular formula is C24H33N3O5. The second kappa shape index (κ2) is 11.2. The van der Waals surface area contributed by atoms with Crippen molar-refractivity contribution in [1.82, 2.24) is 9.80 Å². The number of benzene rings is 1. The van der Waals surface area contributed by atoms with Crippen molar-refractivity contribution in [3.8, 4) is 0 Å². The second-order valence-corrected chi connectivity index (χ2v) is 8.23. The van der Waals surface area contributed by atoms with E-state index in [1.165, 1.54) is 11.8 Å². The molecule has 1 aliphatic carbocycles. The lowest BCUT2D eigenvalue weighted by Gasteiger charge is -2.31. The smallest absolute Gasteiger partial charge is 0.278 e. The first-order valence-corrected chi connectivity index (χ1v) is 11.2. The summed E-state index contributed by atoms with van der Waals surface area (Å²) in [6, 6.07) is 6.98. The van der Waals surface area contributed by atoms with Crippen LogP contribution in [0.4, 0.5) is 5.69 Å². The molecule has 2 aliphatic rings. The molecule has 0 bridgehead atoms. The summed E-state index contributed by atoms with van der Waals surface area (Å²) in [5, 5.41) is 2.73. The molecule has 1 N–H and O–H groups in total. The highest BCUT2D eigenvalue weighted by atomic mass is 16.5. The van der Waals surface area contributed by atoms with Gasteiger partial charge in [0.05, 0.1) is 18.8 Å². The summed E-state index contributed by atoms with van der Waals surface area (Å²) in [5.74, 6) is -0.655. The standard InChI is InChI=1S/C24H33N3O5/c1-17(28)25-19-11-9-18(10-12-19)21-22(26(13-15-31-2)14-16-32-3)24(30)27(23(21)29)20-7-5-4-6-8-20/h9-12,20H,4-8,13-16H2,1-3H3,(H,25,28). The monoisotopic (exact) mass is 443 g/mol. The van der Waals surface area contributed by atoms with Gasteiger partial charge < -0.3 is 19.7 Å². The molecule has 0 unspecified atom stereocenters. The Balaban J connectivity index is 2.02. The fourth-order valence-electron chi connectivity index (χ4n) is 4.42. The van der Waals surface area contributed by atoms with Gasteiger partial charge in [0.1, 0.15) is 5.70 Å². The van der Waals surface area contributed by atoms with Gasteiger partial charge in [0.25, 0.3) is 11.8 Å². The molecule has 0 saturated heterocycles. The maximum absolute atomic E-state index is 13.6. The van der Waals surface area contributed by atoms with Gasteiger partial charge in [-0.15, -0.1) is 0 Å². The van der Waals surface area contributed by atoms with Crippen LogP contribution in [0.25, 0.3) is 5.57 Å². The molecular weight excluding hydrogens is 410 g/mol. The van der Waals surface area contributed by atoms with Crippen molar-refractivity contribution in [1.29, 1.82) is 0 Å². The largest absolute Gasteiger partial charge is 0.383 e. The zero-order valence-corrected chi connectivity index (χ0v) is 19.2. The van der Waals surface area contributed by atoms with Gasteiger partial charge in [0.2, 0.25) is 5.91 Å². The number of carbonyl (C=O) groups is 3. The number of anilines is 1. The molecule has 1 aliphatic heterocycles. The minimum atomic E-state index is -0.246. The molecule has 3 rings (SSSR count). The van der Waals surface area contributed by atoms with Crippen LogP contribution in [-0.2, 0) is 23.9 Å². The van der Waals surface area contributed by atoms with E-state index in [0.717, 1.165) is 32.1 Å². The van der Waals surface area contributed by atoms with E-state index in [1.54, 1.807) is 38.5 Å². The summed E-state index contributed by atoms with van der Waals surface area (Å²) in [5.41, 5.74) is 2.11. The first kappa shape index (κ1) is 23.9. The molecule has 32 heavy (non-hydrogen) atoms. The maximum atomic E-state index is 13.6. The lowest BCUT2D eigenvalue weighted by Crippen LogP contribution is -2.44. The van der Waals surface area contributed by atoms with Crippen molar-refractivity contribution in [2.24, 2.45) is 0 Å². The van der Waals surface area contributed by atoms with Gasteiger partial charge in [0, 0.05) is 46.0 Å². The minimum absolute atomic E-state index is 0.0680. The van der Waals surface area contributed by atoms with Crippen molar-refractivity contribution < 1.29 is 23.9 Å². The van der Waals surface area contributed by atoms with E-state index >= 15 is 0 Å². The van der Waals surface area contributed by atoms with Gasteiger partial charge in [-0.05, 0) is 30.5 Å². The van der Waals surface area contributed by atoms with E-state index < -0.39 is 0 Å². The fourth-order valence-corrected chi connectivity index (χ4v) is 4.42. The van der Waals surface area contributed by atoms with E-state index in [2.05, 4.69) is 5.32 Å². The van der Waals surface area contributed by atoms with Crippen LogP contribution in [0.2, 0.25) is 0 Å². The SMILES string of the molecule is COCCN(CCOC)C1=C(c2ccc(NC(C)=O)cc2)C(=O)N(C2CCCCC2)C1=O. The van der Waals surface area contributed by atoms with Gasteiger partial charge >= 0.3 is 0 Å². The Morgan fingerprint density at radius 1 is 1.00 bits per heavy atom. The predicted octanol–water partition coefficient (Wildman–Crippen LogP) is 2.65. The molecule has 3 amide bonds. The van der Waals surface area contributed by atoms with Crippen molar-refractivity contribution in [2.75, 3.05) is 45.8 Å². The Hall–Kier alpha value is -2.71. The summed E-state index contributed by atoms with van der Waals surface area (Å²) < 4.78 is 10.5. The topological polar surface area (TPSA) is 88.2 Å². The summed E-state index contributed by atoms with van der Waals surface area (Å²) in [7, 11) is 3.22. The van der Waals surface area contributed by atoms with E-state index in [4.69, 9.17) is 9.47 Å². The Bertz CT molecular complexity index is 851. The second-order valence-electron chi connectivity index (χ2n) is 8.23. The number of imide groups is 1. The molecule has 0 atom stereocenters. The van der Waals surface area contributed by atoms with Crippen LogP contribution >= 0.6 is 0 Å². The normalized spacial score (nSPS) is 17.3. The number of amides is 3. The number of hydrogen-bond donors (Lipinski definition) is 1. The Morgan fingerprint density at radius 3 is 2.12 bits per heavy atom. The van der Waals surface area contributed by atoms with Crippen LogP contribution < -0.4 is 5.32 Å². The van der Waals surface area contributed by atoms with E-state index in [9.17, 15) is 14.4 Å². The Labute approximate surface area is 189 Å². The van der Waals surface area contributed by atoms with E-state index in [-0.39, 0.29) is 23.8 Å². The van der Waals surface area contributed by atoms with Crippen LogP contribution in [0.15, 0.2) is 30.0 Å². The fraction of sp³-hybridized carbons (Fsp3) is 0.542. The maximum Gasteiger partial charge on any atom is 0.278 e. The molecule has 8 nitrogen and oxygen atoms in total. The minimum Gasteiger partial charge on any atom is -0.383 e. The van der Waals surface area contributed by atoms with E-state index in [1.807, 2.05) is 4.90 Å². The highest BCUT2D eigenvalue weighted by Crippen LogP contribution is 2.36. The van der Waals surface area contributed by atoms with Gasteiger partial charge in [-0.3, -0.25) is 19.3 Å². The lowest BCUT2D eigenvalue weighted by molar-refractivity contribution is -0.141. The quantitative estimate of drug-likeness (QED) is 0.560. The molecule has 0 aromatic heterocycles. The number of nitrogens with one attached hydrogen (secondary N) is 1. The Morgan fingerprint density at radius 2 is 1.59 bits per heavy atom. The first-order valence-electron chi connectivity index (χ1n) is 11.2. The highest BCUT2D eigenvalue weighted by molar-refractivity contribution is 6.35. The van der Waals surface area contributed by atoms with Crippen LogP contribution in [0, 0.1) is 0 Å². The lowest BCUT2D eigenvalue weighted by atomic mass is 9.94. The van der Waals surface area contributed by atoms with Crippen LogP contribution in [0.5, 0.6) is 0 Å². The molecule has 1 aromatic rings. The van der Waals surface area contributed by atoms with Crippen LogP contribution in [-0.4, -0.2) is 74.1 Å². The molecule has 8 heteroatoms. The summed E-state index contributed by atoms with van der Waals surface area (Å²) >= 11 is 0. The molecule has 1 aromatic carbocycles. The number of carbonyl (C=O) groups excluding carboxylic acids is 3. The van der Waals surface area contributed by atoms with Gasteiger partial charge in [-0.2, -0.15) is 0 Å². The zero-order valence-electron chi connectivity index (χ0n) is 19.2. The number of nitrogens with zero attached hydrogens (tertiary/aromatic N) is 2. The highest BCUT2D eigenvalue weighted by Gasteiger charge is 2.44. The summed E-state index contributed by atoms with van der Waals surface area (Å²) in [4.78, 5) is 42.0. The van der Waals surface area contributed by atoms with E-state index in [0.29, 0.717) is 48.8 Å². The molecule has 0 spiro atoms. The molecule has 0 radical (unpaired) electrons. The third-order valence-corrected chi connectivity index (χ3v) is 5.97. The zero-order chi connectivity index (χ0) is 23.1. The Kier molecular flexibility index (Phi) is 8.41. The number of ether oxygens (including phenoxy) is 2. The average Bonchev–Trinajstić information content (AvgIpc) is 3.04. The van der Waals surface area contributed by atoms with Crippen molar-refractivity contribution >= 4 is 29.0 Å². The molecule has 1 fully saturated rings. The first-order chi connectivity index (χ1) is 15.5. The van der Waals surface area contributed by atoms with Crippen molar-refractivity contribution in [3.63, 3.8) is 0 Å². The third kappa shape index (κ3) is 5.37. The van der Waals surface area contributed by atoms with Crippen molar-refractivity contribution in [3.05, 3.63) is 35.5 Å². The van der Waals surface area contributed by atoms with Gasteiger partial charge in [-0.25, -0.2) is 0 Å². The molecule has 1 heterocycles. The summed E-state index contributed by atoms with van der Waals surface area (Å²) in [6.45, 7) is 3.24. The summed E-state index contributed by atoms with van der Waals surface area (Å²) in [6.07, 6.45) is 4.87. The third-order valence-electron chi connectivity index (χ3n) is 5.97. The number of rotatable bonds is 10. The van der Waals surface area contributed by atoms with Gasteiger partial charge in [-0.1, -0.05) is 31.4 Å². The average molecular weight is 444 g/mol. The van der Waals surface area contributed by atoms with Crippen LogP contribution in [0.3, 0.4) is 0 Å². The van der Waals surface area contributed by atoms with Gasteiger partial charge in [0.15, 0.2) is 0 Å². The van der Waals surface area contributed by atoms with Crippen molar-refractivity contribution in [2.45, 2.75) is 45.1 Å². The number of hydrogen-bond acceptors (Lipinski definition) is 6.